The number of nitrogens with zero attached hydrogens (tertiary/aromatic N) is 1. The summed E-state index contributed by atoms with van der Waals surface area (Å²) in [5, 5.41) is 14.1. The number of unbranched alkanes of at least 4 members (excludes halogenated alkanes) is 2. The van der Waals surface area contributed by atoms with Gasteiger partial charge in [0, 0.05) is 31.9 Å². The van der Waals surface area contributed by atoms with Crippen molar-refractivity contribution >= 4 is 5.69 Å². The molecule has 0 aliphatic rings. The zero-order valence-corrected chi connectivity index (χ0v) is 11.6. The van der Waals surface area contributed by atoms with Gasteiger partial charge in [-0.05, 0) is 38.3 Å². The average Bonchev–Trinajstić information content (AvgIpc) is 2.39. The smallest absolute Gasteiger partial charge is 0.272 e. The van der Waals surface area contributed by atoms with E-state index in [9.17, 15) is 10.1 Å². The molecule has 0 fully saturated rings. The van der Waals surface area contributed by atoms with Gasteiger partial charge in [0.25, 0.3) is 5.69 Å². The number of aryl methyl sites for hydroxylation is 1. The molecule has 0 saturated carbocycles. The van der Waals surface area contributed by atoms with Crippen LogP contribution in [0, 0.1) is 17.0 Å². The lowest BCUT2D eigenvalue weighted by molar-refractivity contribution is -0.385. The van der Waals surface area contributed by atoms with E-state index >= 15 is 0 Å². The zero-order chi connectivity index (χ0) is 14.1. The number of rotatable bonds is 9. The molecule has 1 N–H and O–H groups in total. The maximum Gasteiger partial charge on any atom is 0.272 e. The molecule has 5 nitrogen and oxygen atoms in total. The van der Waals surface area contributed by atoms with Crippen molar-refractivity contribution in [2.45, 2.75) is 32.7 Å². The minimum atomic E-state index is -0.330. The van der Waals surface area contributed by atoms with Crippen molar-refractivity contribution in [3.63, 3.8) is 0 Å². The SMILES string of the molecule is COCCCCCNCc1ccc(C)c([N+](=O)[O-])c1. The van der Waals surface area contributed by atoms with Gasteiger partial charge in [-0.3, -0.25) is 10.1 Å². The standard InChI is InChI=1S/C14H22N2O3/c1-12-6-7-13(10-14(12)16(17)18)11-15-8-4-3-5-9-19-2/h6-7,10,15H,3-5,8-9,11H2,1-2H3. The number of nitrogens with one attached hydrogen (secondary N) is 1. The Bertz CT molecular complexity index is 408. The van der Waals surface area contributed by atoms with Gasteiger partial charge in [-0.2, -0.15) is 0 Å². The van der Waals surface area contributed by atoms with Crippen molar-refractivity contribution in [3.05, 3.63) is 39.4 Å². The van der Waals surface area contributed by atoms with Crippen molar-refractivity contribution in [2.24, 2.45) is 0 Å². The van der Waals surface area contributed by atoms with E-state index in [1.54, 1.807) is 26.2 Å². The maximum absolute atomic E-state index is 10.8. The predicted octanol–water partition coefficient (Wildman–Crippen LogP) is 2.81. The van der Waals surface area contributed by atoms with E-state index in [0.29, 0.717) is 12.1 Å². The highest BCUT2D eigenvalue weighted by atomic mass is 16.6. The third kappa shape index (κ3) is 5.81. The second-order valence-corrected chi connectivity index (χ2v) is 4.61. The number of nitro groups is 1. The van der Waals surface area contributed by atoms with Gasteiger partial charge in [-0.25, -0.2) is 0 Å². The summed E-state index contributed by atoms with van der Waals surface area (Å²) in [5.74, 6) is 0. The molecule has 5 heteroatoms. The summed E-state index contributed by atoms with van der Waals surface area (Å²) >= 11 is 0. The summed E-state index contributed by atoms with van der Waals surface area (Å²) in [6.45, 7) is 4.16. The lowest BCUT2D eigenvalue weighted by Gasteiger charge is -2.06. The summed E-state index contributed by atoms with van der Waals surface area (Å²) in [6.07, 6.45) is 3.31. The number of hydrogen-bond donors (Lipinski definition) is 1. The highest BCUT2D eigenvalue weighted by Crippen LogP contribution is 2.19. The van der Waals surface area contributed by atoms with E-state index in [4.69, 9.17) is 4.74 Å². The summed E-state index contributed by atoms with van der Waals surface area (Å²) in [4.78, 5) is 10.5. The number of ether oxygens (including phenoxy) is 1. The Balaban J connectivity index is 2.30. The molecule has 19 heavy (non-hydrogen) atoms. The van der Waals surface area contributed by atoms with Crippen molar-refractivity contribution < 1.29 is 9.66 Å². The van der Waals surface area contributed by atoms with E-state index in [-0.39, 0.29) is 10.6 Å². The molecule has 0 spiro atoms. The van der Waals surface area contributed by atoms with Crippen LogP contribution in [0.15, 0.2) is 18.2 Å². The van der Waals surface area contributed by atoms with Crippen LogP contribution in [0.3, 0.4) is 0 Å². The van der Waals surface area contributed by atoms with Crippen LogP contribution in [0.25, 0.3) is 0 Å². The van der Waals surface area contributed by atoms with Crippen LogP contribution in [-0.4, -0.2) is 25.2 Å². The van der Waals surface area contributed by atoms with Crippen molar-refractivity contribution in [1.82, 2.24) is 5.32 Å². The number of methoxy groups -OCH3 is 1. The van der Waals surface area contributed by atoms with E-state index < -0.39 is 0 Å². The molecule has 0 aromatic heterocycles. The van der Waals surface area contributed by atoms with Crippen molar-refractivity contribution in [3.8, 4) is 0 Å². The summed E-state index contributed by atoms with van der Waals surface area (Å²) in [6, 6.07) is 5.38. The van der Waals surface area contributed by atoms with Crippen LogP contribution >= 0.6 is 0 Å². The van der Waals surface area contributed by atoms with Crippen LogP contribution in [-0.2, 0) is 11.3 Å². The minimum Gasteiger partial charge on any atom is -0.385 e. The van der Waals surface area contributed by atoms with Gasteiger partial charge in [0.2, 0.25) is 0 Å². The van der Waals surface area contributed by atoms with Gasteiger partial charge in [-0.15, -0.1) is 0 Å². The monoisotopic (exact) mass is 266 g/mol. The Labute approximate surface area is 114 Å². The lowest BCUT2D eigenvalue weighted by Crippen LogP contribution is -2.15. The zero-order valence-electron chi connectivity index (χ0n) is 11.6. The summed E-state index contributed by atoms with van der Waals surface area (Å²) in [7, 11) is 1.71. The molecule has 106 valence electrons. The molecular formula is C14H22N2O3. The maximum atomic E-state index is 10.8. The number of hydrogen-bond acceptors (Lipinski definition) is 4. The molecule has 0 atom stereocenters. The normalized spacial score (nSPS) is 10.6. The summed E-state index contributed by atoms with van der Waals surface area (Å²) in [5.41, 5.74) is 1.85. The molecule has 1 aromatic rings. The summed E-state index contributed by atoms with van der Waals surface area (Å²) < 4.78 is 4.98. The van der Waals surface area contributed by atoms with Gasteiger partial charge in [0.1, 0.15) is 0 Å². The number of nitro benzene ring substituents is 1. The Morgan fingerprint density at radius 2 is 2.11 bits per heavy atom. The molecule has 0 radical (unpaired) electrons. The predicted molar refractivity (Wildman–Crippen MR) is 75.3 cm³/mol. The number of benzene rings is 1. The molecule has 0 heterocycles. The fourth-order valence-electron chi connectivity index (χ4n) is 1.87. The first kappa shape index (κ1) is 15.6. The quantitative estimate of drug-likeness (QED) is 0.424. The highest BCUT2D eigenvalue weighted by Gasteiger charge is 2.10. The van der Waals surface area contributed by atoms with Crippen LogP contribution in [0.4, 0.5) is 5.69 Å². The topological polar surface area (TPSA) is 64.4 Å². The first-order valence-corrected chi connectivity index (χ1v) is 6.58. The molecule has 0 aliphatic heterocycles. The van der Waals surface area contributed by atoms with Crippen molar-refractivity contribution in [1.29, 1.82) is 0 Å². The molecule has 1 rings (SSSR count). The molecule has 0 aliphatic carbocycles. The average molecular weight is 266 g/mol. The van der Waals surface area contributed by atoms with Gasteiger partial charge >= 0.3 is 0 Å². The van der Waals surface area contributed by atoms with E-state index in [1.807, 2.05) is 6.07 Å². The van der Waals surface area contributed by atoms with Gasteiger partial charge in [0.05, 0.1) is 4.92 Å². The van der Waals surface area contributed by atoms with Gasteiger partial charge < -0.3 is 10.1 Å². The second-order valence-electron chi connectivity index (χ2n) is 4.61. The van der Waals surface area contributed by atoms with Crippen LogP contribution in [0.1, 0.15) is 30.4 Å². The largest absolute Gasteiger partial charge is 0.385 e. The Kier molecular flexibility index (Phi) is 7.07. The van der Waals surface area contributed by atoms with E-state index in [0.717, 1.165) is 38.0 Å². The fourth-order valence-corrected chi connectivity index (χ4v) is 1.87. The third-order valence-electron chi connectivity index (χ3n) is 3.00. The second kappa shape index (κ2) is 8.61. The van der Waals surface area contributed by atoms with Gasteiger partial charge in [0.15, 0.2) is 0 Å². The van der Waals surface area contributed by atoms with Crippen LogP contribution < -0.4 is 5.32 Å². The van der Waals surface area contributed by atoms with Crippen LogP contribution in [0.2, 0.25) is 0 Å². The fraction of sp³-hybridized carbons (Fsp3) is 0.571. The lowest BCUT2D eigenvalue weighted by atomic mass is 10.1. The molecule has 0 saturated heterocycles. The van der Waals surface area contributed by atoms with Crippen LogP contribution in [0.5, 0.6) is 0 Å². The molecular weight excluding hydrogens is 244 g/mol. The van der Waals surface area contributed by atoms with Gasteiger partial charge in [-0.1, -0.05) is 12.1 Å². The third-order valence-corrected chi connectivity index (χ3v) is 3.00. The molecule has 0 unspecified atom stereocenters. The van der Waals surface area contributed by atoms with E-state index in [1.165, 1.54) is 0 Å². The molecule has 1 aromatic carbocycles. The highest BCUT2D eigenvalue weighted by molar-refractivity contribution is 5.42. The Hall–Kier alpha value is -1.46. The minimum absolute atomic E-state index is 0.194. The first-order chi connectivity index (χ1) is 9.15. The molecule has 0 amide bonds. The Morgan fingerprint density at radius 3 is 2.79 bits per heavy atom. The molecule has 0 bridgehead atoms. The van der Waals surface area contributed by atoms with E-state index in [2.05, 4.69) is 5.32 Å². The first-order valence-electron chi connectivity index (χ1n) is 6.58. The Morgan fingerprint density at radius 1 is 1.32 bits per heavy atom. The van der Waals surface area contributed by atoms with Crippen molar-refractivity contribution in [2.75, 3.05) is 20.3 Å².